The van der Waals surface area contributed by atoms with Crippen molar-refractivity contribution in [2.75, 3.05) is 0 Å². The molecule has 2 bridgehead atoms. The van der Waals surface area contributed by atoms with Gasteiger partial charge in [-0.05, 0) is 164 Å². The molecule has 0 fully saturated rings. The van der Waals surface area contributed by atoms with Crippen LogP contribution in [0.5, 0.6) is 0 Å². The molecule has 4 heteroatoms. The van der Waals surface area contributed by atoms with Gasteiger partial charge in [-0.1, -0.05) is 443 Å². The maximum Gasteiger partial charge on any atom is 0.179 e. The Morgan fingerprint density at radius 3 is 0.982 bits per heavy atom. The fraction of sp³-hybridized carbons (Fsp3) is 0.0182. The number of benzene rings is 18. The Kier molecular flexibility index (Phi) is 17.2. The van der Waals surface area contributed by atoms with Crippen molar-refractivity contribution in [1.29, 1.82) is 0 Å². The van der Waals surface area contributed by atoms with Crippen molar-refractivity contribution >= 4 is 108 Å². The maximum atomic E-state index is 2.64. The summed E-state index contributed by atoms with van der Waals surface area (Å²) in [5.41, 5.74) is 21.4. The van der Waals surface area contributed by atoms with Crippen LogP contribution in [0.2, 0.25) is 0 Å². The Morgan fingerprint density at radius 1 is 0.184 bits per heavy atom. The van der Waals surface area contributed by atoms with Crippen LogP contribution in [0, 0.1) is 0 Å². The molecule has 3 aliphatic carbocycles. The molecule has 2 unspecified atom stereocenters. The zero-order valence-electron chi connectivity index (χ0n) is 63.1. The molecule has 22 rings (SSSR count). The predicted octanol–water partition coefficient (Wildman–Crippen LogP) is 18.6. The average Bonchev–Trinajstić information content (AvgIpc) is 0.861. The van der Waals surface area contributed by atoms with Gasteiger partial charge >= 0.3 is 0 Å². The van der Waals surface area contributed by atoms with Gasteiger partial charge in [-0.3, -0.25) is 0 Å². The zero-order valence-corrected chi connectivity index (χ0v) is 66.1. The summed E-state index contributed by atoms with van der Waals surface area (Å²) in [5.74, 6) is -0.0916. The summed E-state index contributed by atoms with van der Waals surface area (Å²) in [5, 5.41) is 18.7. The van der Waals surface area contributed by atoms with Gasteiger partial charge < -0.3 is 4.57 Å². The van der Waals surface area contributed by atoms with Crippen LogP contribution in [0.3, 0.4) is 0 Å². The normalized spacial score (nSPS) is 13.6. The van der Waals surface area contributed by atoms with Gasteiger partial charge in [-0.15, -0.1) is 0 Å². The summed E-state index contributed by atoms with van der Waals surface area (Å²) < 4.78 is 2.64. The molecule has 2 atom stereocenters. The minimum absolute atomic E-state index is 0.00299. The van der Waals surface area contributed by atoms with Crippen molar-refractivity contribution in [3.05, 3.63) is 500 Å². The molecule has 1 heterocycles. The third-order valence-corrected chi connectivity index (χ3v) is 39.4. The van der Waals surface area contributed by atoms with E-state index in [2.05, 4.69) is 472 Å². The third-order valence-electron chi connectivity index (χ3n) is 25.0. The Morgan fingerprint density at radius 2 is 0.509 bits per heavy atom. The zero-order chi connectivity index (χ0) is 75.6. The van der Waals surface area contributed by atoms with Crippen molar-refractivity contribution in [3.8, 4) is 50.2 Å². The molecule has 19 aromatic rings. The lowest BCUT2D eigenvalue weighted by Crippen LogP contribution is -2.75. The molecule has 18 aromatic carbocycles. The van der Waals surface area contributed by atoms with Gasteiger partial charge in [0.15, 0.2) is 24.2 Å². The second-order valence-electron chi connectivity index (χ2n) is 30.7. The minimum Gasteiger partial charge on any atom is -0.309 e. The number of fused-ring (bicyclic) bond motifs is 3. The molecular weight excluding hydrogens is 1420 g/mol. The molecule has 1 aromatic heterocycles. The minimum atomic E-state index is -3.17. The highest BCUT2D eigenvalue weighted by Crippen LogP contribution is 2.58. The van der Waals surface area contributed by atoms with E-state index < -0.39 is 24.2 Å². The van der Waals surface area contributed by atoms with Crippen LogP contribution >= 0.6 is 0 Å². The lowest BCUT2D eigenvalue weighted by molar-refractivity contribution is 0.752. The Balaban J connectivity index is 0.799. The maximum absolute atomic E-state index is 3.17. The molecule has 1 nitrogen and oxygen atoms in total. The molecule has 0 radical (unpaired) electrons. The predicted molar refractivity (Wildman–Crippen MR) is 488 cm³/mol. The number of aromatic nitrogens is 1. The van der Waals surface area contributed by atoms with Crippen molar-refractivity contribution < 1.29 is 0 Å². The van der Waals surface area contributed by atoms with E-state index in [0.717, 1.165) is 5.56 Å². The van der Waals surface area contributed by atoms with Gasteiger partial charge in [-0.25, -0.2) is 0 Å². The van der Waals surface area contributed by atoms with Crippen LogP contribution < -0.4 is 62.2 Å². The van der Waals surface area contributed by atoms with Gasteiger partial charge in [-0.2, -0.15) is 0 Å². The second kappa shape index (κ2) is 28.6. The monoisotopic (exact) mass is 1500 g/mol. The summed E-state index contributed by atoms with van der Waals surface area (Å²) >= 11 is 0. The Labute approximate surface area is 670 Å². The van der Waals surface area contributed by atoms with E-state index >= 15 is 0 Å². The summed E-state index contributed by atoms with van der Waals surface area (Å²) in [7, 11) is -9.14. The van der Waals surface area contributed by atoms with Gasteiger partial charge in [0, 0.05) is 22.6 Å². The second-order valence-corrected chi connectivity index (χ2v) is 42.1. The van der Waals surface area contributed by atoms with E-state index in [-0.39, 0.29) is 11.8 Å². The Bertz CT molecular complexity index is 6330. The lowest BCUT2D eigenvalue weighted by Gasteiger charge is -2.47. The third kappa shape index (κ3) is 10.8. The van der Waals surface area contributed by atoms with Crippen molar-refractivity contribution in [2.45, 2.75) is 11.8 Å². The highest BCUT2D eigenvalue weighted by molar-refractivity contribution is 7.21. The van der Waals surface area contributed by atoms with E-state index in [0.29, 0.717) is 0 Å². The number of nitrogens with zero attached hydrogens (tertiary/aromatic N) is 1. The first-order valence-electron chi connectivity index (χ1n) is 39.9. The van der Waals surface area contributed by atoms with E-state index in [1.54, 1.807) is 0 Å². The number of hydrogen-bond acceptors (Lipinski definition) is 0. The van der Waals surface area contributed by atoms with Crippen LogP contribution in [0.1, 0.15) is 45.2 Å². The van der Waals surface area contributed by atoms with Crippen molar-refractivity contribution in [2.24, 2.45) is 0 Å². The molecule has 114 heavy (non-hydrogen) atoms. The molecule has 0 N–H and O–H groups in total. The molecule has 0 aliphatic heterocycles. The molecule has 0 saturated heterocycles. The van der Waals surface area contributed by atoms with Crippen LogP contribution in [-0.4, -0.2) is 28.8 Å². The first kappa shape index (κ1) is 68.4. The molecule has 0 amide bonds. The molecule has 3 aliphatic rings. The highest BCUT2D eigenvalue weighted by atomic mass is 28.3. The van der Waals surface area contributed by atoms with Gasteiger partial charge in [0.05, 0.1) is 16.7 Å². The summed E-state index contributed by atoms with van der Waals surface area (Å²) in [6.45, 7) is 0. The SMILES string of the molecule is c1ccc(-c2ccc([Si](c3ccccc3)(c3ccccc3)c3cccc4c3C3c5ccccc5C4c4cccc(-n5c6ccccc6c6cc(-c7c(-c8cccc([Si](c9ccccc9)(c9ccccc9)c9ccccc9)c8)cccc7-c7cccc([Si](c8ccccc8)(c8ccccc8)c8ccccc8)c7)ccc65)c43)cc2)cc1. The topological polar surface area (TPSA) is 4.93 Å². The summed E-state index contributed by atoms with van der Waals surface area (Å²) in [6, 6.07) is 179. The van der Waals surface area contributed by atoms with Gasteiger partial charge in [0.1, 0.15) is 0 Å². The summed E-state index contributed by atoms with van der Waals surface area (Å²) in [6.07, 6.45) is 0. The van der Waals surface area contributed by atoms with E-state index in [9.17, 15) is 0 Å². The number of para-hydroxylation sites is 1. The van der Waals surface area contributed by atoms with Crippen molar-refractivity contribution in [1.82, 2.24) is 4.57 Å². The van der Waals surface area contributed by atoms with Gasteiger partial charge in [0.25, 0.3) is 0 Å². The fourth-order valence-corrected chi connectivity index (χ4v) is 35.0. The first-order valence-corrected chi connectivity index (χ1v) is 45.9. The van der Waals surface area contributed by atoms with Crippen molar-refractivity contribution in [3.63, 3.8) is 0 Å². The first-order chi connectivity index (χ1) is 56.6. The highest BCUT2D eigenvalue weighted by Gasteiger charge is 2.51. The smallest absolute Gasteiger partial charge is 0.179 e. The Hall–Kier alpha value is -13.6. The van der Waals surface area contributed by atoms with E-state index in [1.165, 1.54) is 162 Å². The summed E-state index contributed by atoms with van der Waals surface area (Å²) in [4.78, 5) is 0. The largest absolute Gasteiger partial charge is 0.309 e. The van der Waals surface area contributed by atoms with Crippen LogP contribution in [0.4, 0.5) is 0 Å². The molecular formula is C110H79NSi3. The standard InChI is InChI=1S/C110H79NSi3/c1-10-37-78(38-11-1)79-69-72-91(73-70-79)114(89-53-24-8-25-54-89,90-55-26-9-27-56-90)105-68-36-65-100-107-97-60-28-29-61-98(97)110(109(100)105)108-99(107)64-35-67-104(108)111-102-66-31-30-59-96(102)101-77-82(71-74-103(101)111)106-94(80-39-32-57-92(75-80)112(83-41-12-2-13-42-83,84-43-14-3-15-44-84)85-45-16-4-17-46-85)62-34-63-95(106)81-40-33-58-93(76-81)113(86-47-18-5-19-48-86,87-49-20-6-21-50-87)88-51-22-7-23-52-88/h1-77,107,110H. The van der Waals surface area contributed by atoms with Crippen LogP contribution in [0.25, 0.3) is 72.0 Å². The van der Waals surface area contributed by atoms with Crippen LogP contribution in [-0.2, 0) is 0 Å². The van der Waals surface area contributed by atoms with Crippen LogP contribution in [0.15, 0.2) is 467 Å². The average molecular weight is 1500 g/mol. The number of rotatable bonds is 17. The molecule has 536 valence electrons. The lowest BCUT2D eigenvalue weighted by atomic mass is 9.60. The number of hydrogen-bond donors (Lipinski definition) is 0. The van der Waals surface area contributed by atoms with Gasteiger partial charge in [0.2, 0.25) is 0 Å². The van der Waals surface area contributed by atoms with E-state index in [1.807, 2.05) is 0 Å². The van der Waals surface area contributed by atoms with E-state index in [4.69, 9.17) is 0 Å². The fourth-order valence-electron chi connectivity index (χ4n) is 20.4. The molecule has 0 spiro atoms. The molecule has 0 saturated carbocycles. The quantitative estimate of drug-likeness (QED) is 0.0632.